The number of aliphatic hydroxyl groups is 2. The number of unbranched alkanes of at least 4 members (excludes halogenated alkanes) is 2. The third-order valence-electron chi connectivity index (χ3n) is 13.3. The summed E-state index contributed by atoms with van der Waals surface area (Å²) >= 11 is 6.10. The average Bonchev–Trinajstić information content (AvgIpc) is 3.36. The second kappa shape index (κ2) is 22.9. The maximum absolute atomic E-state index is 14.6. The van der Waals surface area contributed by atoms with Crippen molar-refractivity contribution in [3.63, 3.8) is 0 Å². The molecule has 6 atom stereocenters. The molecule has 5 aromatic carbocycles. The van der Waals surface area contributed by atoms with E-state index in [1.807, 2.05) is 60.7 Å². The van der Waals surface area contributed by atoms with E-state index >= 15 is 0 Å². The van der Waals surface area contributed by atoms with Crippen LogP contribution in [0.5, 0.6) is 17.2 Å². The lowest BCUT2D eigenvalue weighted by Gasteiger charge is -2.59. The normalized spacial score (nSPS) is 21.9. The molecule has 8 rings (SSSR count). The number of fused-ring (bicyclic) bond motifs is 3. The molecule has 3 aliphatic rings. The number of hydrogen-bond acceptors (Lipinski definition) is 11. The molecule has 2 N–H and O–H groups in total. The number of alkyl halides is 1. The minimum absolute atomic E-state index is 0.0127. The number of ether oxygens (including phenoxy) is 4. The van der Waals surface area contributed by atoms with Gasteiger partial charge in [0.2, 0.25) is 5.79 Å². The third kappa shape index (κ3) is 11.1. The first-order valence-electron chi connectivity index (χ1n) is 23.5. The number of rotatable bonds is 22. The molecule has 0 aromatic heterocycles. The number of carbonyl (C=O) groups is 1. The molecule has 0 bridgehead atoms. The summed E-state index contributed by atoms with van der Waals surface area (Å²) < 4.78 is 41.2. The third-order valence-corrected chi connectivity index (χ3v) is 13.5. The van der Waals surface area contributed by atoms with Gasteiger partial charge in [0.15, 0.2) is 0 Å². The fourth-order valence-corrected chi connectivity index (χ4v) is 10.4. The van der Waals surface area contributed by atoms with Crippen molar-refractivity contribution < 1.29 is 48.1 Å². The zero-order valence-electron chi connectivity index (χ0n) is 38.3. The topological polar surface area (TPSA) is 162 Å². The Morgan fingerprint density at radius 2 is 1.64 bits per heavy atom. The van der Waals surface area contributed by atoms with Gasteiger partial charge in [-0.05, 0) is 120 Å². The summed E-state index contributed by atoms with van der Waals surface area (Å²) in [4.78, 5) is 33.3. The summed E-state index contributed by atoms with van der Waals surface area (Å²) in [6, 6.07) is 30.7. The van der Waals surface area contributed by atoms with E-state index in [1.165, 1.54) is 24.3 Å². The van der Waals surface area contributed by atoms with E-state index in [0.29, 0.717) is 53.3 Å². The second-order valence-corrected chi connectivity index (χ2v) is 18.0. The highest BCUT2D eigenvalue weighted by molar-refractivity contribution is 6.18. The number of allylic oxidation sites excluding steroid dienone is 1. The maximum atomic E-state index is 14.6. The molecule has 0 radical (unpaired) electrons. The number of nitro groups is 1. The maximum Gasteiger partial charge on any atom is 0.410 e. The Balaban J connectivity index is 1.32. The Morgan fingerprint density at radius 3 is 2.36 bits per heavy atom. The molecule has 1 saturated carbocycles. The Hall–Kier alpha value is -6.32. The fraction of sp³-hybridized carbons (Fsp3) is 0.370. The minimum atomic E-state index is -1.61. The van der Waals surface area contributed by atoms with E-state index in [-0.39, 0.29) is 75.3 Å². The predicted octanol–water partition coefficient (Wildman–Crippen LogP) is 11.4. The van der Waals surface area contributed by atoms with Crippen molar-refractivity contribution >= 4 is 39.9 Å². The quantitative estimate of drug-likeness (QED) is 0.0224. The number of nitrogens with zero attached hydrogens (tertiary/aromatic N) is 3. The highest BCUT2D eigenvalue weighted by atomic mass is 35.5. The van der Waals surface area contributed by atoms with Gasteiger partial charge in [-0.2, -0.15) is 0 Å². The van der Waals surface area contributed by atoms with Crippen LogP contribution in [-0.2, 0) is 27.5 Å². The second-order valence-electron chi connectivity index (χ2n) is 17.6. The van der Waals surface area contributed by atoms with Crippen molar-refractivity contribution in [2.75, 3.05) is 32.3 Å². The number of aliphatic hydroxyl groups excluding tert-OH is 2. The summed E-state index contributed by atoms with van der Waals surface area (Å²) in [5.74, 6) is -1.34. The van der Waals surface area contributed by atoms with Crippen LogP contribution in [0.1, 0.15) is 67.6 Å². The Labute approximate surface area is 405 Å². The van der Waals surface area contributed by atoms with Crippen LogP contribution in [0, 0.1) is 33.7 Å². The molecule has 15 heteroatoms. The molecular formula is C54H57ClFN3O10. The van der Waals surface area contributed by atoms with Gasteiger partial charge in [0.1, 0.15) is 42.3 Å². The lowest BCUT2D eigenvalue weighted by atomic mass is 9.55. The molecule has 2 aliphatic carbocycles. The van der Waals surface area contributed by atoms with Gasteiger partial charge in [-0.15, -0.1) is 18.2 Å². The summed E-state index contributed by atoms with van der Waals surface area (Å²) in [6.45, 7) is 3.99. The molecule has 5 aromatic rings. The molecule has 13 nitrogen and oxygen atoms in total. The molecule has 0 spiro atoms. The summed E-state index contributed by atoms with van der Waals surface area (Å²) in [6.07, 6.45) is 7.34. The number of non-ortho nitro benzene ring substituents is 1. The zero-order valence-corrected chi connectivity index (χ0v) is 39.1. The fourth-order valence-electron chi connectivity index (χ4n) is 10.3. The Kier molecular flexibility index (Phi) is 16.3. The smallest absolute Gasteiger partial charge is 0.410 e. The van der Waals surface area contributed by atoms with Crippen LogP contribution in [-0.4, -0.2) is 76.0 Å². The van der Waals surface area contributed by atoms with Crippen molar-refractivity contribution in [1.29, 1.82) is 0 Å². The molecule has 0 saturated heterocycles. The molecule has 1 amide bonds. The van der Waals surface area contributed by atoms with E-state index in [9.17, 15) is 29.5 Å². The van der Waals surface area contributed by atoms with Crippen LogP contribution >= 0.6 is 11.6 Å². The van der Waals surface area contributed by atoms with E-state index in [1.54, 1.807) is 35.2 Å². The molecule has 6 unspecified atom stereocenters. The summed E-state index contributed by atoms with van der Waals surface area (Å²) in [5, 5.41) is 38.4. The highest BCUT2D eigenvalue weighted by Gasteiger charge is 2.65. The number of amides is 1. The van der Waals surface area contributed by atoms with Gasteiger partial charge in [-0.3, -0.25) is 15.0 Å². The van der Waals surface area contributed by atoms with Gasteiger partial charge in [-0.25, -0.2) is 9.18 Å². The van der Waals surface area contributed by atoms with Crippen LogP contribution in [0.25, 0.3) is 10.8 Å². The molecule has 362 valence electrons. The largest absolute Gasteiger partial charge is 0.459 e. The number of nitro benzene ring substituents is 1. The number of carbonyl (C=O) groups excluding carboxylic acids is 1. The number of oxime groups is 1. The summed E-state index contributed by atoms with van der Waals surface area (Å²) in [5.41, 5.74) is 3.41. The Morgan fingerprint density at radius 1 is 0.928 bits per heavy atom. The van der Waals surface area contributed by atoms with E-state index in [0.717, 1.165) is 41.2 Å². The molecule has 1 heterocycles. The Bertz CT molecular complexity index is 2650. The van der Waals surface area contributed by atoms with Crippen molar-refractivity contribution in [1.82, 2.24) is 4.90 Å². The van der Waals surface area contributed by atoms with Crippen LogP contribution in [0.2, 0.25) is 0 Å². The zero-order chi connectivity index (χ0) is 48.3. The molecular weight excluding hydrogens is 905 g/mol. The number of hydrogen-bond donors (Lipinski definition) is 2. The highest BCUT2D eigenvalue weighted by Crippen LogP contribution is 2.62. The summed E-state index contributed by atoms with van der Waals surface area (Å²) in [7, 11) is 0. The van der Waals surface area contributed by atoms with Crippen LogP contribution in [0.4, 0.5) is 14.9 Å². The van der Waals surface area contributed by atoms with Gasteiger partial charge in [0.05, 0.1) is 29.0 Å². The SMILES string of the molecule is C=CCOC12Oc3ccc(Oc4ccc5ccccc5c4)cc3C3C(CCCCO)C(CCCCO)C=C(C(=NOCc4ccc([N+](=O)[O-])cc4)CC1N(Cc1ccc(F)cc1)C(=O)OCCCl)C32. The standard InChI is InChI=1S/C54H57ClFN3O10/c1-2-28-66-54-50(58(53(62)65-29-25-55)34-36-13-18-41(56)19-14-36)33-48(57-67-35-37-15-20-42(21-16-37)59(63)64)46-31-40(11-5-7-26-60)45(12-6-8-27-61)51(52(46)54)47-32-44(23-24-49(47)69-54)68-43-22-17-38-9-3-4-10-39(38)30-43/h2-4,9-10,13-24,30-32,40,45,50-52,60-61H,1,5-8,11-12,25-29,33-35H2. The van der Waals surface area contributed by atoms with Crippen molar-refractivity contribution in [2.24, 2.45) is 22.9 Å². The van der Waals surface area contributed by atoms with E-state index in [2.05, 4.69) is 12.7 Å². The van der Waals surface area contributed by atoms with E-state index in [4.69, 9.17) is 40.5 Å². The number of benzene rings is 5. The van der Waals surface area contributed by atoms with Crippen molar-refractivity contribution in [3.8, 4) is 17.2 Å². The first-order chi connectivity index (χ1) is 33.7. The monoisotopic (exact) mass is 961 g/mol. The predicted molar refractivity (Wildman–Crippen MR) is 261 cm³/mol. The molecule has 69 heavy (non-hydrogen) atoms. The molecule has 1 fully saturated rings. The molecule has 1 aliphatic heterocycles. The average molecular weight is 963 g/mol. The van der Waals surface area contributed by atoms with Gasteiger partial charge < -0.3 is 34.0 Å². The van der Waals surface area contributed by atoms with Gasteiger partial charge in [0.25, 0.3) is 5.69 Å². The lowest BCUT2D eigenvalue weighted by Crippen LogP contribution is -2.70. The lowest BCUT2D eigenvalue weighted by molar-refractivity contribution is -0.384. The van der Waals surface area contributed by atoms with E-state index < -0.39 is 34.6 Å². The van der Waals surface area contributed by atoms with Gasteiger partial charge in [-0.1, -0.05) is 72.6 Å². The van der Waals surface area contributed by atoms with Crippen LogP contribution in [0.15, 0.2) is 139 Å². The first kappa shape index (κ1) is 49.1. The van der Waals surface area contributed by atoms with Crippen molar-refractivity contribution in [2.45, 2.75) is 75.8 Å². The first-order valence-corrected chi connectivity index (χ1v) is 24.0. The van der Waals surface area contributed by atoms with Crippen molar-refractivity contribution in [3.05, 3.63) is 166 Å². The van der Waals surface area contributed by atoms with Gasteiger partial charge in [0, 0.05) is 49.8 Å². The number of halogens is 2. The van der Waals surface area contributed by atoms with Crippen LogP contribution < -0.4 is 9.47 Å². The van der Waals surface area contributed by atoms with Crippen LogP contribution in [0.3, 0.4) is 0 Å². The van der Waals surface area contributed by atoms with Gasteiger partial charge >= 0.3 is 6.09 Å². The minimum Gasteiger partial charge on any atom is -0.459 e.